The largest absolute Gasteiger partial charge is 0.343 e. The number of likely N-dealkylation sites (tertiary alicyclic amines) is 1. The summed E-state index contributed by atoms with van der Waals surface area (Å²) in [6.07, 6.45) is 7.69. The molecule has 3 heterocycles. The van der Waals surface area contributed by atoms with Gasteiger partial charge in [-0.15, -0.1) is 11.8 Å². The zero-order valence-corrected chi connectivity index (χ0v) is 19.8. The first-order valence-electron chi connectivity index (χ1n) is 12.3. The standard InChI is InChI=1S/C26H35N3O2S/c1-17-7-8-20-21(15-17)32-26-24(20)25(31)27-22(28-26)9-10-23(30)29-13-11-19(12-14-29)16-18-5-3-2-4-6-18/h2-6,17,19,22,24,26,28H,7-16H2,1H3,(H,27,31). The Morgan fingerprint density at radius 2 is 1.94 bits per heavy atom. The molecule has 172 valence electrons. The Kier molecular flexibility index (Phi) is 6.61. The number of carbonyl (C=O) groups is 2. The lowest BCUT2D eigenvalue weighted by atomic mass is 9.83. The SMILES string of the molecule is CC1CCC2=C(C1)SC1NC(CCC(=O)N3CCC(Cc4ccccc4)CC3)NC(=O)C21. The summed E-state index contributed by atoms with van der Waals surface area (Å²) < 4.78 is 0. The molecular formula is C26H35N3O2S. The van der Waals surface area contributed by atoms with Crippen LogP contribution in [0, 0.1) is 17.8 Å². The Balaban J connectivity index is 1.07. The summed E-state index contributed by atoms with van der Waals surface area (Å²) >= 11 is 1.87. The van der Waals surface area contributed by atoms with Crippen molar-refractivity contribution in [2.24, 2.45) is 17.8 Å². The van der Waals surface area contributed by atoms with Crippen molar-refractivity contribution in [1.82, 2.24) is 15.5 Å². The molecule has 5 nitrogen and oxygen atoms in total. The van der Waals surface area contributed by atoms with Crippen molar-refractivity contribution in [1.29, 1.82) is 0 Å². The highest BCUT2D eigenvalue weighted by Gasteiger charge is 2.45. The van der Waals surface area contributed by atoms with E-state index in [1.807, 2.05) is 16.7 Å². The second kappa shape index (κ2) is 9.60. The lowest BCUT2D eigenvalue weighted by Crippen LogP contribution is -2.59. The number of fused-ring (bicyclic) bond motifs is 2. The summed E-state index contributed by atoms with van der Waals surface area (Å²) in [5.74, 6) is 1.75. The number of nitrogens with one attached hydrogen (secondary N) is 2. The van der Waals surface area contributed by atoms with Crippen molar-refractivity contribution in [2.45, 2.75) is 69.8 Å². The van der Waals surface area contributed by atoms with Gasteiger partial charge in [-0.05, 0) is 72.8 Å². The molecule has 1 aromatic carbocycles. The van der Waals surface area contributed by atoms with Gasteiger partial charge in [0.25, 0.3) is 0 Å². The molecule has 6 heteroatoms. The van der Waals surface area contributed by atoms with Crippen LogP contribution in [0.3, 0.4) is 0 Å². The molecule has 0 saturated carbocycles. The van der Waals surface area contributed by atoms with Crippen molar-refractivity contribution in [2.75, 3.05) is 13.1 Å². The molecule has 1 aliphatic carbocycles. The van der Waals surface area contributed by atoms with Crippen LogP contribution in [0.1, 0.15) is 57.4 Å². The minimum Gasteiger partial charge on any atom is -0.343 e. The van der Waals surface area contributed by atoms with Crippen LogP contribution in [-0.4, -0.2) is 41.3 Å². The Morgan fingerprint density at radius 3 is 2.72 bits per heavy atom. The van der Waals surface area contributed by atoms with Crippen molar-refractivity contribution < 1.29 is 9.59 Å². The first-order chi connectivity index (χ1) is 15.6. The van der Waals surface area contributed by atoms with E-state index in [1.165, 1.54) is 22.5 Å². The maximum Gasteiger partial charge on any atom is 0.230 e. The predicted molar refractivity (Wildman–Crippen MR) is 129 cm³/mol. The monoisotopic (exact) mass is 453 g/mol. The van der Waals surface area contributed by atoms with Crippen molar-refractivity contribution >= 4 is 23.6 Å². The summed E-state index contributed by atoms with van der Waals surface area (Å²) in [7, 11) is 0. The van der Waals surface area contributed by atoms with Crippen LogP contribution in [0.25, 0.3) is 0 Å². The third kappa shape index (κ3) is 4.76. The van der Waals surface area contributed by atoms with Crippen LogP contribution >= 0.6 is 11.8 Å². The number of hydrogen-bond donors (Lipinski definition) is 2. The van der Waals surface area contributed by atoms with Gasteiger partial charge in [0, 0.05) is 19.5 Å². The van der Waals surface area contributed by atoms with Gasteiger partial charge in [0.2, 0.25) is 11.8 Å². The Morgan fingerprint density at radius 1 is 1.16 bits per heavy atom. The molecule has 2 saturated heterocycles. The van der Waals surface area contributed by atoms with Crippen molar-refractivity contribution in [3.8, 4) is 0 Å². The van der Waals surface area contributed by atoms with Gasteiger partial charge in [-0.1, -0.05) is 37.3 Å². The molecule has 0 radical (unpaired) electrons. The highest BCUT2D eigenvalue weighted by Crippen LogP contribution is 2.50. The molecule has 2 fully saturated rings. The minimum atomic E-state index is -0.102. The fraction of sp³-hybridized carbons (Fsp3) is 0.615. The average Bonchev–Trinajstić information content (AvgIpc) is 3.16. The zero-order chi connectivity index (χ0) is 22.1. The van der Waals surface area contributed by atoms with E-state index in [4.69, 9.17) is 0 Å². The van der Waals surface area contributed by atoms with Crippen LogP contribution in [-0.2, 0) is 16.0 Å². The van der Waals surface area contributed by atoms with Gasteiger partial charge in [0.05, 0.1) is 17.5 Å². The van der Waals surface area contributed by atoms with Gasteiger partial charge in [-0.3, -0.25) is 14.9 Å². The number of thioether (sulfide) groups is 1. The lowest BCUT2D eigenvalue weighted by molar-refractivity contribution is -0.133. The van der Waals surface area contributed by atoms with Gasteiger partial charge in [-0.2, -0.15) is 0 Å². The van der Waals surface area contributed by atoms with E-state index < -0.39 is 0 Å². The van der Waals surface area contributed by atoms with Crippen LogP contribution in [0.2, 0.25) is 0 Å². The summed E-state index contributed by atoms with van der Waals surface area (Å²) in [5, 5.41) is 6.93. The van der Waals surface area contributed by atoms with Gasteiger partial charge in [0.15, 0.2) is 0 Å². The second-order valence-corrected chi connectivity index (χ2v) is 11.3. The molecule has 5 rings (SSSR count). The third-order valence-electron chi connectivity index (χ3n) is 7.69. The Bertz CT molecular complexity index is 878. The van der Waals surface area contributed by atoms with E-state index in [9.17, 15) is 9.59 Å². The van der Waals surface area contributed by atoms with E-state index in [-0.39, 0.29) is 29.3 Å². The molecule has 1 aromatic rings. The number of allylic oxidation sites excluding steroid dienone is 1. The number of nitrogens with zero attached hydrogens (tertiary/aromatic N) is 1. The molecule has 4 unspecified atom stereocenters. The van der Waals surface area contributed by atoms with E-state index in [0.717, 1.165) is 51.1 Å². The first kappa shape index (κ1) is 22.0. The Labute approximate surface area is 195 Å². The number of piperidine rings is 1. The Hall–Kier alpha value is -1.79. The highest BCUT2D eigenvalue weighted by atomic mass is 32.2. The molecule has 0 aromatic heterocycles. The smallest absolute Gasteiger partial charge is 0.230 e. The van der Waals surface area contributed by atoms with Gasteiger partial charge in [-0.25, -0.2) is 0 Å². The third-order valence-corrected chi connectivity index (χ3v) is 9.07. The fourth-order valence-corrected chi connectivity index (χ4v) is 7.51. The summed E-state index contributed by atoms with van der Waals surface area (Å²) in [6, 6.07) is 10.7. The van der Waals surface area contributed by atoms with E-state index >= 15 is 0 Å². The number of amides is 2. The van der Waals surface area contributed by atoms with E-state index in [2.05, 4.69) is 47.9 Å². The van der Waals surface area contributed by atoms with Crippen molar-refractivity contribution in [3.05, 3.63) is 46.4 Å². The van der Waals surface area contributed by atoms with Crippen LogP contribution in [0.5, 0.6) is 0 Å². The molecule has 4 aliphatic rings. The second-order valence-electron chi connectivity index (χ2n) is 10.1. The molecular weight excluding hydrogens is 418 g/mol. The first-order valence-corrected chi connectivity index (χ1v) is 13.2. The topological polar surface area (TPSA) is 61.4 Å². The normalized spacial score (nSPS) is 30.7. The average molecular weight is 454 g/mol. The summed E-state index contributed by atoms with van der Waals surface area (Å²) in [6.45, 7) is 4.02. The molecule has 2 amide bonds. The minimum absolute atomic E-state index is 0.0157. The quantitative estimate of drug-likeness (QED) is 0.706. The van der Waals surface area contributed by atoms with Gasteiger partial charge >= 0.3 is 0 Å². The predicted octanol–water partition coefficient (Wildman–Crippen LogP) is 4.06. The maximum atomic E-state index is 12.9. The van der Waals surface area contributed by atoms with E-state index in [1.54, 1.807) is 0 Å². The molecule has 0 bridgehead atoms. The summed E-state index contributed by atoms with van der Waals surface area (Å²) in [5.41, 5.74) is 2.76. The summed E-state index contributed by atoms with van der Waals surface area (Å²) in [4.78, 5) is 29.2. The molecule has 2 N–H and O–H groups in total. The molecule has 3 aliphatic heterocycles. The van der Waals surface area contributed by atoms with Crippen LogP contribution < -0.4 is 10.6 Å². The highest BCUT2D eigenvalue weighted by molar-refractivity contribution is 8.04. The van der Waals surface area contributed by atoms with Gasteiger partial charge < -0.3 is 10.2 Å². The van der Waals surface area contributed by atoms with Crippen LogP contribution in [0.15, 0.2) is 40.8 Å². The molecule has 4 atom stereocenters. The van der Waals surface area contributed by atoms with Crippen molar-refractivity contribution in [3.63, 3.8) is 0 Å². The van der Waals surface area contributed by atoms with E-state index in [0.29, 0.717) is 18.8 Å². The fourth-order valence-electron chi connectivity index (χ4n) is 5.79. The molecule has 0 spiro atoms. The number of hydrogen-bond acceptors (Lipinski definition) is 4. The number of rotatable bonds is 5. The van der Waals surface area contributed by atoms with Crippen LogP contribution in [0.4, 0.5) is 0 Å². The number of carbonyl (C=O) groups excluding carboxylic acids is 2. The van der Waals surface area contributed by atoms with Gasteiger partial charge in [0.1, 0.15) is 0 Å². The lowest BCUT2D eigenvalue weighted by Gasteiger charge is -2.35. The maximum absolute atomic E-state index is 12.9. The number of benzene rings is 1. The zero-order valence-electron chi connectivity index (χ0n) is 19.0. The molecule has 32 heavy (non-hydrogen) atoms.